The fourth-order valence-corrected chi connectivity index (χ4v) is 3.16. The number of hydrogen-bond acceptors (Lipinski definition) is 4. The number of carbonyl (C=O) groups excluding carboxylic acids is 1. The van der Waals surface area contributed by atoms with Gasteiger partial charge in [0.05, 0.1) is 7.11 Å². The van der Waals surface area contributed by atoms with Gasteiger partial charge in [-0.15, -0.1) is 12.4 Å². The van der Waals surface area contributed by atoms with Gasteiger partial charge in [-0.1, -0.05) is 36.4 Å². The van der Waals surface area contributed by atoms with Crippen molar-refractivity contribution in [2.45, 2.75) is 25.6 Å². The van der Waals surface area contributed by atoms with Crippen LogP contribution in [0.25, 0.3) is 0 Å². The van der Waals surface area contributed by atoms with Gasteiger partial charge in [-0.3, -0.25) is 9.69 Å². The van der Waals surface area contributed by atoms with Crippen molar-refractivity contribution >= 4 is 18.2 Å². The second-order valence-corrected chi connectivity index (χ2v) is 6.86. The monoisotopic (exact) mass is 406 g/mol. The molecule has 0 bridgehead atoms. The zero-order chi connectivity index (χ0) is 19.1. The van der Waals surface area contributed by atoms with E-state index in [1.54, 1.807) is 24.1 Å². The van der Waals surface area contributed by atoms with Gasteiger partial charge in [-0.05, 0) is 36.1 Å². The van der Waals surface area contributed by atoms with Gasteiger partial charge in [0, 0.05) is 38.2 Å². The lowest BCUT2D eigenvalue weighted by atomic mass is 10.1. The molecule has 0 aromatic heterocycles. The molecule has 1 atom stereocenters. The first-order valence-corrected chi connectivity index (χ1v) is 9.50. The van der Waals surface area contributed by atoms with Crippen molar-refractivity contribution in [2.24, 2.45) is 0 Å². The number of nitrogens with zero attached hydrogens (tertiary/aromatic N) is 1. The number of halogens is 2. The first-order chi connectivity index (χ1) is 13.2. The first kappa shape index (κ1) is 22.3. The molecule has 28 heavy (non-hydrogen) atoms. The summed E-state index contributed by atoms with van der Waals surface area (Å²) in [6.07, 6.45) is 0.728. The van der Waals surface area contributed by atoms with Crippen LogP contribution in [0.15, 0.2) is 48.5 Å². The molecule has 0 radical (unpaired) electrons. The number of ether oxygens (including phenoxy) is 1. The number of hydrogen-bond donors (Lipinski definition) is 1. The molecule has 1 aliphatic heterocycles. The van der Waals surface area contributed by atoms with Crippen molar-refractivity contribution in [3.8, 4) is 5.75 Å². The van der Waals surface area contributed by atoms with Crippen LogP contribution in [-0.4, -0.2) is 50.3 Å². The average Bonchev–Trinajstić information content (AvgIpc) is 3.52. The number of alkyl halides is 1. The van der Waals surface area contributed by atoms with Crippen LogP contribution < -0.4 is 10.1 Å². The summed E-state index contributed by atoms with van der Waals surface area (Å²) in [7, 11) is 1.70. The van der Waals surface area contributed by atoms with Crippen LogP contribution >= 0.6 is 12.4 Å². The molecule has 1 fully saturated rings. The van der Waals surface area contributed by atoms with Crippen molar-refractivity contribution in [3.63, 3.8) is 0 Å². The van der Waals surface area contributed by atoms with Gasteiger partial charge < -0.3 is 10.1 Å². The quantitative estimate of drug-likeness (QED) is 0.498. The third-order valence-electron chi connectivity index (χ3n) is 4.92. The molecule has 152 valence electrons. The maximum Gasteiger partial charge on any atom is 0.163 e. The number of methoxy groups -OCH3 is 1. The Balaban J connectivity index is 0.000000235. The summed E-state index contributed by atoms with van der Waals surface area (Å²) >= 11 is 0. The van der Waals surface area contributed by atoms with Crippen LogP contribution in [0.5, 0.6) is 5.75 Å². The highest BCUT2D eigenvalue weighted by Gasteiger charge is 2.20. The molecular weight excluding hydrogens is 379 g/mol. The number of fused-ring (bicyclic) bond motifs is 1. The molecule has 1 N–H and O–H groups in total. The Labute approximate surface area is 172 Å². The molecular formula is C22H28ClFN2O2. The lowest BCUT2D eigenvalue weighted by Gasteiger charge is -2.30. The number of piperazine rings is 1. The summed E-state index contributed by atoms with van der Waals surface area (Å²) in [6, 6.07) is 15.3. The summed E-state index contributed by atoms with van der Waals surface area (Å²) in [6.45, 7) is 3.10. The van der Waals surface area contributed by atoms with Crippen LogP contribution in [-0.2, 0) is 6.42 Å². The van der Waals surface area contributed by atoms with Crippen LogP contribution in [0.1, 0.15) is 34.3 Å². The molecule has 0 spiro atoms. The van der Waals surface area contributed by atoms with E-state index in [1.165, 1.54) is 17.5 Å². The zero-order valence-electron chi connectivity index (χ0n) is 16.2. The van der Waals surface area contributed by atoms with Crippen LogP contribution in [0.2, 0.25) is 0 Å². The Morgan fingerprint density at radius 2 is 1.86 bits per heavy atom. The average molecular weight is 407 g/mol. The minimum absolute atomic E-state index is 0. The number of Topliss-reactive ketones (excluding diaryl/α,β-unsaturated/α-hetero) is 1. The molecule has 0 saturated carbocycles. The molecule has 1 heterocycles. The first-order valence-electron chi connectivity index (χ1n) is 9.50. The van der Waals surface area contributed by atoms with E-state index in [-0.39, 0.29) is 31.0 Å². The standard InChI is InChI=1S/C14H19FN2O.C8H8O.ClH/c15-14(17-10-8-16-9-11-17)7-6-13(18)12-4-2-1-3-5-12;1-9-8-3-2-6-4-7(6)5-8;/h1-5,14,16H,6-11H2;2-3,5H,4H2,1H3;1H. The second-order valence-electron chi connectivity index (χ2n) is 6.86. The number of carbonyl (C=O) groups is 1. The Morgan fingerprint density at radius 3 is 2.50 bits per heavy atom. The molecule has 2 aromatic rings. The Hall–Kier alpha value is -1.95. The predicted molar refractivity (Wildman–Crippen MR) is 112 cm³/mol. The molecule has 2 aromatic carbocycles. The fourth-order valence-electron chi connectivity index (χ4n) is 3.16. The van der Waals surface area contributed by atoms with E-state index in [0.29, 0.717) is 5.56 Å². The highest BCUT2D eigenvalue weighted by atomic mass is 35.5. The third kappa shape index (κ3) is 6.59. The number of nitrogens with one attached hydrogen (secondary N) is 1. The van der Waals surface area contributed by atoms with E-state index in [1.807, 2.05) is 24.3 Å². The Kier molecular flexibility index (Phi) is 8.90. The summed E-state index contributed by atoms with van der Waals surface area (Å²) in [5.74, 6) is 1.000. The number of rotatable bonds is 6. The lowest BCUT2D eigenvalue weighted by molar-refractivity contribution is 0.0588. The van der Waals surface area contributed by atoms with E-state index in [4.69, 9.17) is 4.74 Å². The van der Waals surface area contributed by atoms with Crippen molar-refractivity contribution in [3.05, 3.63) is 65.2 Å². The van der Waals surface area contributed by atoms with Crippen molar-refractivity contribution in [1.29, 1.82) is 0 Å². The van der Waals surface area contributed by atoms with Crippen LogP contribution in [0, 0.1) is 0 Å². The zero-order valence-corrected chi connectivity index (χ0v) is 17.0. The van der Waals surface area contributed by atoms with Crippen molar-refractivity contribution in [1.82, 2.24) is 10.2 Å². The lowest BCUT2D eigenvalue weighted by Crippen LogP contribution is -2.47. The van der Waals surface area contributed by atoms with E-state index >= 15 is 0 Å². The summed E-state index contributed by atoms with van der Waals surface area (Å²) < 4.78 is 18.9. The van der Waals surface area contributed by atoms with E-state index in [0.717, 1.165) is 31.9 Å². The molecule has 4 rings (SSSR count). The smallest absolute Gasteiger partial charge is 0.163 e. The van der Waals surface area contributed by atoms with Gasteiger partial charge in [0.15, 0.2) is 12.1 Å². The van der Waals surface area contributed by atoms with Gasteiger partial charge in [-0.25, -0.2) is 4.39 Å². The van der Waals surface area contributed by atoms with Crippen molar-refractivity contribution < 1.29 is 13.9 Å². The van der Waals surface area contributed by atoms with Gasteiger partial charge >= 0.3 is 0 Å². The summed E-state index contributed by atoms with van der Waals surface area (Å²) in [4.78, 5) is 13.6. The van der Waals surface area contributed by atoms with Gasteiger partial charge in [0.2, 0.25) is 0 Å². The topological polar surface area (TPSA) is 41.6 Å². The minimum atomic E-state index is -1.00. The van der Waals surface area contributed by atoms with Crippen LogP contribution in [0.4, 0.5) is 4.39 Å². The van der Waals surface area contributed by atoms with E-state index in [9.17, 15) is 9.18 Å². The van der Waals surface area contributed by atoms with Gasteiger partial charge in [0.1, 0.15) is 5.75 Å². The Morgan fingerprint density at radius 1 is 1.14 bits per heavy atom. The van der Waals surface area contributed by atoms with Crippen LogP contribution in [0.3, 0.4) is 0 Å². The van der Waals surface area contributed by atoms with Crippen molar-refractivity contribution in [2.75, 3.05) is 33.3 Å². The third-order valence-corrected chi connectivity index (χ3v) is 4.92. The van der Waals surface area contributed by atoms with Gasteiger partial charge in [-0.2, -0.15) is 0 Å². The highest BCUT2D eigenvalue weighted by molar-refractivity contribution is 5.95. The minimum Gasteiger partial charge on any atom is -0.497 e. The Bertz CT molecular complexity index is 751. The largest absolute Gasteiger partial charge is 0.497 e. The number of benzene rings is 2. The molecule has 1 saturated heterocycles. The molecule has 1 unspecified atom stereocenters. The maximum absolute atomic E-state index is 13.9. The predicted octanol–water partition coefficient (Wildman–Crippen LogP) is 3.87. The van der Waals surface area contributed by atoms with E-state index < -0.39 is 6.30 Å². The SMILES string of the molecule is COc1ccc2c(c1)C2.Cl.O=C(CCC(F)N1CCNCC1)c1ccccc1. The fraction of sp³-hybridized carbons (Fsp3) is 0.409. The number of ketones is 1. The molecule has 4 nitrogen and oxygen atoms in total. The van der Waals surface area contributed by atoms with Gasteiger partial charge in [0.25, 0.3) is 0 Å². The highest BCUT2D eigenvalue weighted by Crippen LogP contribution is 2.30. The molecule has 0 amide bonds. The van der Waals surface area contributed by atoms with E-state index in [2.05, 4.69) is 17.4 Å². The molecule has 1 aliphatic carbocycles. The normalized spacial score (nSPS) is 15.9. The maximum atomic E-state index is 13.9. The molecule has 2 aliphatic rings. The summed E-state index contributed by atoms with van der Waals surface area (Å²) in [5.41, 5.74) is 3.58. The molecule has 6 heteroatoms. The second kappa shape index (κ2) is 11.1. The summed E-state index contributed by atoms with van der Waals surface area (Å²) in [5, 5.41) is 3.19.